The molecule has 2 aromatic heterocycles. The van der Waals surface area contributed by atoms with Crippen LogP contribution in [0.5, 0.6) is 0 Å². The number of nitrogens with one attached hydrogen (secondary N) is 4. The number of alkyl carbamates (subject to hydrolysis) is 2. The van der Waals surface area contributed by atoms with Gasteiger partial charge < -0.3 is 39.9 Å². The summed E-state index contributed by atoms with van der Waals surface area (Å²) in [7, 11) is 2.57. The van der Waals surface area contributed by atoms with E-state index in [4.69, 9.17) is 4.74 Å². The van der Waals surface area contributed by atoms with Crippen LogP contribution in [0.2, 0.25) is 0 Å². The molecule has 0 radical (unpaired) electrons. The van der Waals surface area contributed by atoms with Gasteiger partial charge in [-0.3, -0.25) is 9.59 Å². The highest BCUT2D eigenvalue weighted by Crippen LogP contribution is 2.33. The minimum Gasteiger partial charge on any atom is -0.453 e. The normalized spacial score (nSPS) is 18.0. The number of imidazole rings is 2. The van der Waals surface area contributed by atoms with Crippen LogP contribution < -0.4 is 10.6 Å². The molecule has 4 amide bonds. The number of aromatic nitrogens is 4. The quantitative estimate of drug-likeness (QED) is 0.167. The zero-order chi connectivity index (χ0) is 36.8. The van der Waals surface area contributed by atoms with E-state index in [1.807, 2.05) is 13.8 Å². The fourth-order valence-electron chi connectivity index (χ4n) is 6.90. The van der Waals surface area contributed by atoms with Gasteiger partial charge in [-0.15, -0.1) is 0 Å². The van der Waals surface area contributed by atoms with Gasteiger partial charge in [-0.05, 0) is 53.9 Å². The largest absolute Gasteiger partial charge is 0.453 e. The average molecular weight is 711 g/mol. The Morgan fingerprint density at radius 3 is 2.06 bits per heavy atom. The highest BCUT2D eigenvalue weighted by Gasteiger charge is 2.37. The molecule has 6 rings (SSSR count). The molecular weight excluding hydrogens is 664 g/mol. The molecule has 0 aliphatic carbocycles. The van der Waals surface area contributed by atoms with Crippen LogP contribution in [-0.4, -0.2) is 99.7 Å². The van der Waals surface area contributed by atoms with Crippen LogP contribution in [0.1, 0.15) is 57.2 Å². The lowest BCUT2D eigenvalue weighted by Crippen LogP contribution is -2.52. The monoisotopic (exact) mass is 710 g/mol. The van der Waals surface area contributed by atoms with E-state index in [1.54, 1.807) is 22.2 Å². The molecule has 14 nitrogen and oxygen atoms in total. The molecule has 0 spiro atoms. The van der Waals surface area contributed by atoms with E-state index in [0.29, 0.717) is 32.5 Å². The van der Waals surface area contributed by atoms with Crippen LogP contribution in [0.15, 0.2) is 60.9 Å². The van der Waals surface area contributed by atoms with Crippen molar-refractivity contribution in [3.8, 4) is 33.6 Å². The SMILES string of the molecule is COC(=O)NC1CCCN(CCc2ncc(-c3ccc(-c4ccc(-c5cnc(C6CCCN6C(=O)C(NC(=O)OC)C(C)C)[nH]5)cc4)cc3)[nH]2)C1=O. The smallest absolute Gasteiger partial charge is 0.407 e. The number of hydrogen-bond acceptors (Lipinski definition) is 8. The number of ether oxygens (including phenoxy) is 2. The Morgan fingerprint density at radius 2 is 1.42 bits per heavy atom. The summed E-state index contributed by atoms with van der Waals surface area (Å²) in [5.41, 5.74) is 5.87. The second-order valence-electron chi connectivity index (χ2n) is 13.5. The minimum atomic E-state index is -0.683. The second kappa shape index (κ2) is 16.1. The van der Waals surface area contributed by atoms with E-state index < -0.39 is 24.3 Å². The number of rotatable bonds is 11. The number of benzene rings is 2. The summed E-state index contributed by atoms with van der Waals surface area (Å²) in [6, 6.07) is 15.1. The number of methoxy groups -OCH3 is 2. The number of hydrogen-bond donors (Lipinski definition) is 4. The zero-order valence-corrected chi connectivity index (χ0v) is 30.0. The van der Waals surface area contributed by atoms with Gasteiger partial charge in [-0.1, -0.05) is 62.4 Å². The number of nitrogens with zero attached hydrogens (tertiary/aromatic N) is 4. The van der Waals surface area contributed by atoms with Gasteiger partial charge in [-0.25, -0.2) is 19.6 Å². The Bertz CT molecular complexity index is 1870. The summed E-state index contributed by atoms with van der Waals surface area (Å²) in [5.74, 6) is 1.18. The molecule has 0 saturated carbocycles. The van der Waals surface area contributed by atoms with Crippen molar-refractivity contribution in [3.63, 3.8) is 0 Å². The van der Waals surface area contributed by atoms with Crippen LogP contribution in [0.3, 0.4) is 0 Å². The van der Waals surface area contributed by atoms with Gasteiger partial charge in [0.15, 0.2) is 0 Å². The van der Waals surface area contributed by atoms with E-state index in [2.05, 4.69) is 83.8 Å². The second-order valence-corrected chi connectivity index (χ2v) is 13.5. The molecule has 2 aromatic carbocycles. The van der Waals surface area contributed by atoms with Gasteiger partial charge in [0.2, 0.25) is 11.8 Å². The van der Waals surface area contributed by atoms with Gasteiger partial charge in [0.05, 0.1) is 44.0 Å². The molecule has 2 aliphatic rings. The van der Waals surface area contributed by atoms with E-state index >= 15 is 0 Å². The predicted octanol–water partition coefficient (Wildman–Crippen LogP) is 5.07. The lowest BCUT2D eigenvalue weighted by molar-refractivity contribution is -0.136. The standard InChI is InChI=1S/C38H46N8O6/c1-23(2)33(44-38(50)52-4)36(48)46-19-6-8-31(46)34-40-22-30(42-34)27-15-11-25(12-16-27)24-9-13-26(14-10-24)29-21-39-32(41-29)17-20-45-18-5-7-28(35(45)47)43-37(49)51-3/h9-16,21-23,28,31,33H,5-8,17-20H2,1-4H3,(H,39,41)(H,40,42)(H,43,49)(H,44,50). The molecule has 274 valence electrons. The van der Waals surface area contributed by atoms with Crippen LogP contribution in [0, 0.1) is 5.92 Å². The highest BCUT2D eigenvalue weighted by molar-refractivity contribution is 5.87. The Kier molecular flexibility index (Phi) is 11.2. The Hall–Kier alpha value is -5.66. The number of H-pyrrole nitrogens is 2. The summed E-state index contributed by atoms with van der Waals surface area (Å²) in [6.07, 6.45) is 6.01. The van der Waals surface area contributed by atoms with Crippen molar-refractivity contribution in [3.05, 3.63) is 72.6 Å². The van der Waals surface area contributed by atoms with Crippen molar-refractivity contribution in [2.45, 2.75) is 64.1 Å². The first-order valence-corrected chi connectivity index (χ1v) is 17.7. The fourth-order valence-corrected chi connectivity index (χ4v) is 6.90. The Labute approximate surface area is 302 Å². The lowest BCUT2D eigenvalue weighted by Gasteiger charge is -2.32. The summed E-state index contributed by atoms with van der Waals surface area (Å²) < 4.78 is 9.39. The van der Waals surface area contributed by atoms with E-state index in [-0.39, 0.29) is 23.8 Å². The third-order valence-electron chi connectivity index (χ3n) is 9.82. The number of carbonyl (C=O) groups excluding carboxylic acids is 4. The van der Waals surface area contributed by atoms with Crippen LogP contribution in [0.25, 0.3) is 33.6 Å². The molecule has 2 saturated heterocycles. The highest BCUT2D eigenvalue weighted by atomic mass is 16.5. The number of likely N-dealkylation sites (tertiary alicyclic amines) is 2. The van der Waals surface area contributed by atoms with Crippen molar-refractivity contribution in [1.82, 2.24) is 40.4 Å². The minimum absolute atomic E-state index is 0.0993. The third-order valence-corrected chi connectivity index (χ3v) is 9.82. The molecule has 4 heterocycles. The molecule has 3 atom stereocenters. The lowest BCUT2D eigenvalue weighted by atomic mass is 10.0. The van der Waals surface area contributed by atoms with Gasteiger partial charge in [-0.2, -0.15) is 0 Å². The van der Waals surface area contributed by atoms with Crippen LogP contribution in [0.4, 0.5) is 9.59 Å². The molecule has 2 aliphatic heterocycles. The average Bonchev–Trinajstić information content (AvgIpc) is 3.95. The number of aromatic amines is 2. The summed E-state index contributed by atoms with van der Waals surface area (Å²) in [4.78, 5) is 69.4. The maximum Gasteiger partial charge on any atom is 0.407 e. The summed E-state index contributed by atoms with van der Waals surface area (Å²) >= 11 is 0. The molecule has 3 unspecified atom stereocenters. The first-order chi connectivity index (χ1) is 25.1. The predicted molar refractivity (Wildman–Crippen MR) is 194 cm³/mol. The van der Waals surface area contributed by atoms with Crippen LogP contribution in [-0.2, 0) is 25.5 Å². The maximum absolute atomic E-state index is 13.5. The maximum atomic E-state index is 13.5. The topological polar surface area (TPSA) is 175 Å². The van der Waals surface area contributed by atoms with E-state index in [9.17, 15) is 19.2 Å². The third kappa shape index (κ3) is 8.11. The van der Waals surface area contributed by atoms with Crippen molar-refractivity contribution in [2.75, 3.05) is 33.9 Å². The number of carbonyl (C=O) groups is 4. The molecule has 4 aromatic rings. The molecule has 14 heteroatoms. The Morgan fingerprint density at radius 1 is 0.827 bits per heavy atom. The van der Waals surface area contributed by atoms with Gasteiger partial charge in [0, 0.05) is 26.1 Å². The fraction of sp³-hybridized carbons (Fsp3) is 0.421. The van der Waals surface area contributed by atoms with Gasteiger partial charge in [0.25, 0.3) is 0 Å². The van der Waals surface area contributed by atoms with Gasteiger partial charge >= 0.3 is 12.2 Å². The Balaban J connectivity index is 1.05. The van der Waals surface area contributed by atoms with E-state index in [1.165, 1.54) is 14.2 Å². The zero-order valence-electron chi connectivity index (χ0n) is 30.0. The molecule has 52 heavy (non-hydrogen) atoms. The molecule has 2 fully saturated rings. The molecule has 0 bridgehead atoms. The van der Waals surface area contributed by atoms with Crippen molar-refractivity contribution in [1.29, 1.82) is 0 Å². The van der Waals surface area contributed by atoms with Crippen molar-refractivity contribution >= 4 is 24.0 Å². The van der Waals surface area contributed by atoms with Crippen molar-refractivity contribution < 1.29 is 28.7 Å². The molecule has 4 N–H and O–H groups in total. The van der Waals surface area contributed by atoms with E-state index in [0.717, 1.165) is 64.6 Å². The molecular formula is C38H46N8O6. The number of amides is 4. The summed E-state index contributed by atoms with van der Waals surface area (Å²) in [6.45, 7) is 5.55. The van der Waals surface area contributed by atoms with Gasteiger partial charge in [0.1, 0.15) is 23.7 Å². The van der Waals surface area contributed by atoms with Crippen molar-refractivity contribution in [2.24, 2.45) is 5.92 Å². The first-order valence-electron chi connectivity index (χ1n) is 17.7. The van der Waals surface area contributed by atoms with Crippen LogP contribution >= 0.6 is 0 Å². The first kappa shape index (κ1) is 36.1. The number of piperidine rings is 1. The summed E-state index contributed by atoms with van der Waals surface area (Å²) in [5, 5.41) is 5.31.